The van der Waals surface area contributed by atoms with Gasteiger partial charge in [-0.2, -0.15) is 0 Å². The Bertz CT molecular complexity index is 198. The number of carbonyl (C=O) groups excluding carboxylic acids is 1. The van der Waals surface area contributed by atoms with Crippen LogP contribution in [0.2, 0.25) is 19.6 Å². The molecule has 15 heavy (non-hydrogen) atoms. The van der Waals surface area contributed by atoms with E-state index >= 15 is 0 Å². The maximum absolute atomic E-state index is 11.1. The summed E-state index contributed by atoms with van der Waals surface area (Å²) in [4.78, 5) is 11.1. The van der Waals surface area contributed by atoms with Crippen molar-refractivity contribution in [1.82, 2.24) is 0 Å². The second kappa shape index (κ2) is 6.28. The van der Waals surface area contributed by atoms with Crippen LogP contribution in [0, 0.1) is 0 Å². The van der Waals surface area contributed by atoms with Crippen molar-refractivity contribution in [3.8, 4) is 0 Å². The minimum absolute atomic E-state index is 0.126. The summed E-state index contributed by atoms with van der Waals surface area (Å²) in [5.74, 6) is -0.176. The lowest BCUT2D eigenvalue weighted by Crippen LogP contribution is -2.41. The number of hydrogen-bond donors (Lipinski definition) is 1. The van der Waals surface area contributed by atoms with Crippen molar-refractivity contribution in [2.45, 2.75) is 64.6 Å². The maximum Gasteiger partial charge on any atom is 0.305 e. The molecule has 0 aliphatic heterocycles. The third kappa shape index (κ3) is 5.94. The molecule has 0 saturated carbocycles. The number of aliphatic hydroxyl groups is 1. The third-order valence-corrected chi connectivity index (χ3v) is 4.76. The molecule has 3 nitrogen and oxygen atoms in total. The van der Waals surface area contributed by atoms with Crippen molar-refractivity contribution in [2.24, 2.45) is 0 Å². The van der Waals surface area contributed by atoms with Crippen LogP contribution >= 0.6 is 0 Å². The molecular formula is C11H24O3Si. The van der Waals surface area contributed by atoms with Crippen LogP contribution in [0.3, 0.4) is 0 Å². The van der Waals surface area contributed by atoms with Crippen molar-refractivity contribution in [3.63, 3.8) is 0 Å². The summed E-state index contributed by atoms with van der Waals surface area (Å²) in [5, 5.41) is 9.94. The van der Waals surface area contributed by atoms with E-state index in [1.54, 1.807) is 6.92 Å². The van der Waals surface area contributed by atoms with Crippen LogP contribution in [-0.4, -0.2) is 31.0 Å². The second-order valence-corrected chi connectivity index (χ2v) is 10.4. The normalized spacial score (nSPS) is 15.9. The molecule has 0 aromatic carbocycles. The molecule has 90 valence electrons. The van der Waals surface area contributed by atoms with Gasteiger partial charge in [0.25, 0.3) is 0 Å². The van der Waals surface area contributed by atoms with E-state index in [4.69, 9.17) is 4.74 Å². The summed E-state index contributed by atoms with van der Waals surface area (Å²) in [6, 6.07) is 0. The topological polar surface area (TPSA) is 46.5 Å². The quantitative estimate of drug-likeness (QED) is 0.565. The van der Waals surface area contributed by atoms with Crippen molar-refractivity contribution >= 4 is 14.0 Å². The molecule has 0 saturated heterocycles. The van der Waals surface area contributed by atoms with Gasteiger partial charge in [-0.25, -0.2) is 0 Å². The van der Waals surface area contributed by atoms with E-state index in [2.05, 4.69) is 19.6 Å². The van der Waals surface area contributed by atoms with Crippen LogP contribution in [0.4, 0.5) is 0 Å². The SMILES string of the molecule is CCC(=O)O[C@H](CC)C[C@H](O)[Si](C)(C)C. The minimum Gasteiger partial charge on any atom is -0.462 e. The summed E-state index contributed by atoms with van der Waals surface area (Å²) in [6.45, 7) is 10.1. The average Bonchev–Trinajstić information content (AvgIpc) is 2.14. The summed E-state index contributed by atoms with van der Waals surface area (Å²) >= 11 is 0. The van der Waals surface area contributed by atoms with Gasteiger partial charge in [-0.15, -0.1) is 0 Å². The van der Waals surface area contributed by atoms with E-state index in [0.29, 0.717) is 12.8 Å². The van der Waals surface area contributed by atoms with Gasteiger partial charge in [-0.05, 0) is 6.42 Å². The molecule has 0 heterocycles. The number of esters is 1. The molecule has 2 atom stereocenters. The van der Waals surface area contributed by atoms with Crippen molar-refractivity contribution in [1.29, 1.82) is 0 Å². The first-order valence-corrected chi connectivity index (χ1v) is 9.26. The van der Waals surface area contributed by atoms with Gasteiger partial charge in [0.15, 0.2) is 0 Å². The van der Waals surface area contributed by atoms with E-state index in [1.807, 2.05) is 6.92 Å². The molecule has 0 rings (SSSR count). The van der Waals surface area contributed by atoms with Gasteiger partial charge in [0.2, 0.25) is 0 Å². The first-order chi connectivity index (χ1) is 6.81. The van der Waals surface area contributed by atoms with Crippen molar-refractivity contribution in [3.05, 3.63) is 0 Å². The van der Waals surface area contributed by atoms with E-state index in [-0.39, 0.29) is 17.8 Å². The van der Waals surface area contributed by atoms with Gasteiger partial charge >= 0.3 is 5.97 Å². The summed E-state index contributed by atoms with van der Waals surface area (Å²) in [5.41, 5.74) is -0.299. The Labute approximate surface area is 93.8 Å². The van der Waals surface area contributed by atoms with Crippen LogP contribution in [-0.2, 0) is 9.53 Å². The average molecular weight is 232 g/mol. The first-order valence-electron chi connectivity index (χ1n) is 5.68. The Kier molecular flexibility index (Phi) is 6.13. The fourth-order valence-corrected chi connectivity index (χ4v) is 2.14. The largest absolute Gasteiger partial charge is 0.462 e. The highest BCUT2D eigenvalue weighted by atomic mass is 28.3. The molecule has 0 fully saturated rings. The van der Waals surface area contributed by atoms with E-state index < -0.39 is 8.07 Å². The number of hydrogen-bond acceptors (Lipinski definition) is 3. The smallest absolute Gasteiger partial charge is 0.305 e. The predicted molar refractivity (Wildman–Crippen MR) is 64.4 cm³/mol. The zero-order chi connectivity index (χ0) is 12.1. The third-order valence-electron chi connectivity index (χ3n) is 2.53. The Morgan fingerprint density at radius 2 is 1.87 bits per heavy atom. The molecule has 0 radical (unpaired) electrons. The molecule has 4 heteroatoms. The Hall–Kier alpha value is -0.353. The van der Waals surface area contributed by atoms with Gasteiger partial charge < -0.3 is 9.84 Å². The van der Waals surface area contributed by atoms with Gasteiger partial charge in [0.1, 0.15) is 6.10 Å². The van der Waals surface area contributed by atoms with Crippen molar-refractivity contribution < 1.29 is 14.6 Å². The molecule has 0 aliphatic carbocycles. The molecule has 0 spiro atoms. The monoisotopic (exact) mass is 232 g/mol. The highest BCUT2D eigenvalue weighted by molar-refractivity contribution is 6.77. The molecule has 0 aromatic heterocycles. The fourth-order valence-electron chi connectivity index (χ4n) is 1.17. The highest BCUT2D eigenvalue weighted by Gasteiger charge is 2.28. The Balaban J connectivity index is 4.16. The maximum atomic E-state index is 11.1. The number of carbonyl (C=O) groups is 1. The van der Waals surface area contributed by atoms with Crippen molar-refractivity contribution in [2.75, 3.05) is 0 Å². The molecule has 0 aliphatic rings. The number of ether oxygens (including phenoxy) is 1. The second-order valence-electron chi connectivity index (χ2n) is 4.99. The molecule has 1 N–H and O–H groups in total. The summed E-state index contributed by atoms with van der Waals surface area (Å²) in [7, 11) is -1.54. The Morgan fingerprint density at radius 1 is 1.33 bits per heavy atom. The van der Waals surface area contributed by atoms with Crippen LogP contribution in [0.25, 0.3) is 0 Å². The predicted octanol–water partition coefficient (Wildman–Crippen LogP) is 2.35. The van der Waals surface area contributed by atoms with E-state index in [9.17, 15) is 9.90 Å². The summed E-state index contributed by atoms with van der Waals surface area (Å²) in [6.07, 6.45) is 1.63. The van der Waals surface area contributed by atoms with Gasteiger partial charge in [-0.1, -0.05) is 33.5 Å². The standard InChI is InChI=1S/C11H24O3Si/c1-6-9(14-10(12)7-2)8-11(13)15(3,4)5/h9,11,13H,6-8H2,1-5H3/t9-,11-/m1/s1. The van der Waals surface area contributed by atoms with Crippen LogP contribution in [0.5, 0.6) is 0 Å². The molecule has 0 amide bonds. The lowest BCUT2D eigenvalue weighted by Gasteiger charge is -2.27. The van der Waals surface area contributed by atoms with Crippen LogP contribution in [0.15, 0.2) is 0 Å². The molecular weight excluding hydrogens is 208 g/mol. The lowest BCUT2D eigenvalue weighted by molar-refractivity contribution is -0.149. The zero-order valence-corrected chi connectivity index (χ0v) is 11.5. The minimum atomic E-state index is -1.54. The fraction of sp³-hybridized carbons (Fsp3) is 0.909. The molecule has 0 bridgehead atoms. The van der Waals surface area contributed by atoms with E-state index in [0.717, 1.165) is 6.42 Å². The van der Waals surface area contributed by atoms with E-state index in [1.165, 1.54) is 0 Å². The summed E-state index contributed by atoms with van der Waals surface area (Å²) < 4.78 is 5.24. The Morgan fingerprint density at radius 3 is 2.20 bits per heavy atom. The number of aliphatic hydroxyl groups excluding tert-OH is 1. The zero-order valence-electron chi connectivity index (χ0n) is 10.5. The van der Waals surface area contributed by atoms with Gasteiger partial charge in [-0.3, -0.25) is 4.79 Å². The van der Waals surface area contributed by atoms with Gasteiger partial charge in [0, 0.05) is 18.6 Å². The van der Waals surface area contributed by atoms with Crippen LogP contribution < -0.4 is 0 Å². The van der Waals surface area contributed by atoms with Crippen LogP contribution in [0.1, 0.15) is 33.1 Å². The van der Waals surface area contributed by atoms with Gasteiger partial charge in [0.05, 0.1) is 8.07 Å². The first kappa shape index (κ1) is 14.6. The molecule has 0 unspecified atom stereocenters. The molecule has 0 aromatic rings. The number of rotatable bonds is 6. The highest BCUT2D eigenvalue weighted by Crippen LogP contribution is 2.16. The lowest BCUT2D eigenvalue weighted by atomic mass is 10.2.